The number of hydrogen-bond acceptors (Lipinski definition) is 3. The van der Waals surface area contributed by atoms with Crippen molar-refractivity contribution in [2.24, 2.45) is 17.1 Å². The average molecular weight is 256 g/mol. The fourth-order valence-corrected chi connectivity index (χ4v) is 2.87. The topological polar surface area (TPSA) is 47.3 Å². The van der Waals surface area contributed by atoms with Gasteiger partial charge in [-0.05, 0) is 38.6 Å². The predicted molar refractivity (Wildman–Crippen MR) is 77.7 cm³/mol. The summed E-state index contributed by atoms with van der Waals surface area (Å²) in [4.78, 5) is 0. The van der Waals surface area contributed by atoms with Crippen molar-refractivity contribution >= 4 is 0 Å². The van der Waals surface area contributed by atoms with Crippen LogP contribution in [0.2, 0.25) is 0 Å². The molecule has 0 spiro atoms. The molecule has 1 aliphatic carbocycles. The van der Waals surface area contributed by atoms with Gasteiger partial charge in [-0.15, -0.1) is 0 Å². The van der Waals surface area contributed by atoms with E-state index in [-0.39, 0.29) is 5.41 Å². The van der Waals surface area contributed by atoms with E-state index in [9.17, 15) is 0 Å². The van der Waals surface area contributed by atoms with Crippen LogP contribution >= 0.6 is 0 Å². The lowest BCUT2D eigenvalue weighted by molar-refractivity contribution is -0.0980. The molecule has 18 heavy (non-hydrogen) atoms. The molecule has 0 aromatic heterocycles. The third kappa shape index (κ3) is 4.22. The Morgan fingerprint density at radius 3 is 2.50 bits per heavy atom. The lowest BCUT2D eigenvalue weighted by Gasteiger charge is -2.51. The Morgan fingerprint density at radius 1 is 1.33 bits per heavy atom. The van der Waals surface area contributed by atoms with Crippen LogP contribution in [0.3, 0.4) is 0 Å². The Hall–Kier alpha value is -0.120. The summed E-state index contributed by atoms with van der Waals surface area (Å²) < 4.78 is 5.48. The maximum absolute atomic E-state index is 5.77. The summed E-state index contributed by atoms with van der Waals surface area (Å²) in [7, 11) is 1.82. The van der Waals surface area contributed by atoms with E-state index in [1.807, 2.05) is 7.11 Å². The molecule has 3 nitrogen and oxygen atoms in total. The first-order valence-corrected chi connectivity index (χ1v) is 7.39. The SMILES string of the molecule is COC1CC(NCC(C)CCCC(C)N)C1(C)C. The zero-order valence-corrected chi connectivity index (χ0v) is 12.8. The van der Waals surface area contributed by atoms with E-state index in [1.165, 1.54) is 12.8 Å². The number of rotatable bonds is 8. The maximum atomic E-state index is 5.77. The molecule has 1 aliphatic rings. The third-order valence-corrected chi connectivity index (χ3v) is 4.53. The number of ether oxygens (including phenoxy) is 1. The first-order valence-electron chi connectivity index (χ1n) is 7.39. The first-order chi connectivity index (χ1) is 8.37. The van der Waals surface area contributed by atoms with Gasteiger partial charge in [0.05, 0.1) is 6.10 Å². The molecule has 0 heterocycles. The molecule has 1 rings (SSSR count). The van der Waals surface area contributed by atoms with Crippen LogP contribution < -0.4 is 11.1 Å². The molecule has 0 amide bonds. The van der Waals surface area contributed by atoms with E-state index >= 15 is 0 Å². The summed E-state index contributed by atoms with van der Waals surface area (Å²) in [5.74, 6) is 0.737. The van der Waals surface area contributed by atoms with Gasteiger partial charge in [0.1, 0.15) is 0 Å². The van der Waals surface area contributed by atoms with Gasteiger partial charge in [0, 0.05) is 24.6 Å². The minimum atomic E-state index is 0.278. The van der Waals surface area contributed by atoms with Gasteiger partial charge in [-0.2, -0.15) is 0 Å². The van der Waals surface area contributed by atoms with Crippen molar-refractivity contribution in [3.63, 3.8) is 0 Å². The second-order valence-corrected chi connectivity index (χ2v) is 6.76. The number of nitrogens with one attached hydrogen (secondary N) is 1. The van der Waals surface area contributed by atoms with Gasteiger partial charge >= 0.3 is 0 Å². The molecule has 108 valence electrons. The highest BCUT2D eigenvalue weighted by molar-refractivity contribution is 5.02. The van der Waals surface area contributed by atoms with Gasteiger partial charge in [0.25, 0.3) is 0 Å². The van der Waals surface area contributed by atoms with Gasteiger partial charge in [-0.3, -0.25) is 0 Å². The van der Waals surface area contributed by atoms with Crippen LogP contribution in [0.1, 0.15) is 53.4 Å². The van der Waals surface area contributed by atoms with Crippen molar-refractivity contribution in [3.8, 4) is 0 Å². The average Bonchev–Trinajstić information content (AvgIpc) is 2.27. The van der Waals surface area contributed by atoms with Crippen LogP contribution in [0.5, 0.6) is 0 Å². The maximum Gasteiger partial charge on any atom is 0.0652 e. The highest BCUT2D eigenvalue weighted by Gasteiger charge is 2.48. The van der Waals surface area contributed by atoms with E-state index < -0.39 is 0 Å². The van der Waals surface area contributed by atoms with Crippen molar-refractivity contribution in [1.82, 2.24) is 5.32 Å². The van der Waals surface area contributed by atoms with Crippen molar-refractivity contribution in [1.29, 1.82) is 0 Å². The summed E-state index contributed by atoms with van der Waals surface area (Å²) in [6, 6.07) is 0.955. The van der Waals surface area contributed by atoms with E-state index in [4.69, 9.17) is 10.5 Å². The van der Waals surface area contributed by atoms with Gasteiger partial charge in [-0.1, -0.05) is 27.2 Å². The van der Waals surface area contributed by atoms with Gasteiger partial charge < -0.3 is 15.8 Å². The van der Waals surface area contributed by atoms with Crippen LogP contribution in [-0.2, 0) is 4.74 Å². The Balaban J connectivity index is 2.14. The Labute approximate surface area is 113 Å². The van der Waals surface area contributed by atoms with Crippen molar-refractivity contribution < 1.29 is 4.74 Å². The molecule has 1 fully saturated rings. The molecular weight excluding hydrogens is 224 g/mol. The summed E-state index contributed by atoms with van der Waals surface area (Å²) in [5, 5.41) is 3.70. The van der Waals surface area contributed by atoms with Gasteiger partial charge in [-0.25, -0.2) is 0 Å². The molecule has 3 N–H and O–H groups in total. The van der Waals surface area contributed by atoms with Crippen LogP contribution in [-0.4, -0.2) is 31.8 Å². The van der Waals surface area contributed by atoms with Gasteiger partial charge in [0.2, 0.25) is 0 Å². The Morgan fingerprint density at radius 2 is 2.00 bits per heavy atom. The molecule has 0 aromatic rings. The monoisotopic (exact) mass is 256 g/mol. The fourth-order valence-electron chi connectivity index (χ4n) is 2.87. The van der Waals surface area contributed by atoms with E-state index in [1.54, 1.807) is 0 Å². The molecule has 0 saturated heterocycles. The molecule has 3 heteroatoms. The highest BCUT2D eigenvalue weighted by atomic mass is 16.5. The minimum Gasteiger partial charge on any atom is -0.381 e. The Bertz CT molecular complexity index is 241. The quantitative estimate of drug-likeness (QED) is 0.701. The normalized spacial score (nSPS) is 29.7. The molecule has 0 aliphatic heterocycles. The number of methoxy groups -OCH3 is 1. The summed E-state index contributed by atoms with van der Waals surface area (Å²) in [6.45, 7) is 10.1. The van der Waals surface area contributed by atoms with Crippen LogP contribution in [0.25, 0.3) is 0 Å². The molecular formula is C15H32N2O. The van der Waals surface area contributed by atoms with Crippen LogP contribution in [0.4, 0.5) is 0 Å². The molecule has 4 atom stereocenters. The van der Waals surface area contributed by atoms with Crippen molar-refractivity contribution in [2.75, 3.05) is 13.7 Å². The molecule has 1 saturated carbocycles. The summed E-state index contributed by atoms with van der Waals surface area (Å²) in [5.41, 5.74) is 6.05. The number of nitrogens with two attached hydrogens (primary N) is 1. The van der Waals surface area contributed by atoms with Crippen molar-refractivity contribution in [2.45, 2.75) is 71.6 Å². The highest BCUT2D eigenvalue weighted by Crippen LogP contribution is 2.42. The van der Waals surface area contributed by atoms with E-state index in [0.29, 0.717) is 18.2 Å². The second-order valence-electron chi connectivity index (χ2n) is 6.76. The molecule has 0 radical (unpaired) electrons. The third-order valence-electron chi connectivity index (χ3n) is 4.53. The summed E-state index contributed by atoms with van der Waals surface area (Å²) in [6.07, 6.45) is 5.23. The lowest BCUT2D eigenvalue weighted by Crippen LogP contribution is -2.61. The largest absolute Gasteiger partial charge is 0.381 e. The zero-order chi connectivity index (χ0) is 13.8. The fraction of sp³-hybridized carbons (Fsp3) is 1.00. The predicted octanol–water partition coefficient (Wildman–Crippen LogP) is 2.54. The van der Waals surface area contributed by atoms with E-state index in [2.05, 4.69) is 33.0 Å². The van der Waals surface area contributed by atoms with Crippen molar-refractivity contribution in [3.05, 3.63) is 0 Å². The summed E-state index contributed by atoms with van der Waals surface area (Å²) >= 11 is 0. The second kappa shape index (κ2) is 6.88. The van der Waals surface area contributed by atoms with E-state index in [0.717, 1.165) is 25.3 Å². The van der Waals surface area contributed by atoms with Crippen LogP contribution in [0, 0.1) is 11.3 Å². The minimum absolute atomic E-state index is 0.278. The Kier molecular flexibility index (Phi) is 6.09. The molecule has 4 unspecified atom stereocenters. The van der Waals surface area contributed by atoms with Crippen LogP contribution in [0.15, 0.2) is 0 Å². The zero-order valence-electron chi connectivity index (χ0n) is 12.8. The smallest absolute Gasteiger partial charge is 0.0652 e. The van der Waals surface area contributed by atoms with Gasteiger partial charge in [0.15, 0.2) is 0 Å². The molecule has 0 aromatic carbocycles. The lowest BCUT2D eigenvalue weighted by atomic mass is 9.64. The first kappa shape index (κ1) is 15.9. The standard InChI is InChI=1S/C15H32N2O/c1-11(7-6-8-12(2)16)10-17-13-9-14(18-5)15(13,3)4/h11-14,17H,6-10,16H2,1-5H3. The molecule has 0 bridgehead atoms. The number of hydrogen-bond donors (Lipinski definition) is 2.